The number of hydrogen-bond acceptors (Lipinski definition) is 5. The standard InChI is InChI=1S/C13H17N3O3S2/c1-16(13(17)5-7-21(2,18)19)9-10-8-11(15-14-10)12-4-3-6-20-12/h3-4,6,8H,5,7,9H2,1-2H3,(H,14,15). The molecule has 1 amide bonds. The summed E-state index contributed by atoms with van der Waals surface area (Å²) in [5.74, 6) is -0.327. The summed E-state index contributed by atoms with van der Waals surface area (Å²) in [6.45, 7) is 0.376. The van der Waals surface area contributed by atoms with Crippen LogP contribution in [-0.4, -0.2) is 48.5 Å². The van der Waals surface area contributed by atoms with Gasteiger partial charge in [-0.3, -0.25) is 9.89 Å². The van der Waals surface area contributed by atoms with E-state index in [-0.39, 0.29) is 18.1 Å². The van der Waals surface area contributed by atoms with Gasteiger partial charge in [0.1, 0.15) is 15.5 Å². The number of H-pyrrole nitrogens is 1. The molecule has 2 heterocycles. The van der Waals surface area contributed by atoms with Gasteiger partial charge in [-0.05, 0) is 17.5 Å². The van der Waals surface area contributed by atoms with Gasteiger partial charge in [0.15, 0.2) is 0 Å². The van der Waals surface area contributed by atoms with Gasteiger partial charge in [-0.25, -0.2) is 8.42 Å². The summed E-state index contributed by atoms with van der Waals surface area (Å²) in [6.07, 6.45) is 1.13. The second-order valence-electron chi connectivity index (χ2n) is 4.89. The number of amides is 1. The van der Waals surface area contributed by atoms with E-state index in [1.165, 1.54) is 4.90 Å². The van der Waals surface area contributed by atoms with Gasteiger partial charge in [-0.1, -0.05) is 6.07 Å². The topological polar surface area (TPSA) is 83.1 Å². The van der Waals surface area contributed by atoms with E-state index in [0.717, 1.165) is 22.5 Å². The highest BCUT2D eigenvalue weighted by Gasteiger charge is 2.14. The van der Waals surface area contributed by atoms with Crippen LogP contribution in [0.1, 0.15) is 12.1 Å². The number of hydrogen-bond donors (Lipinski definition) is 1. The molecule has 0 aliphatic heterocycles. The van der Waals surface area contributed by atoms with Crippen molar-refractivity contribution in [3.63, 3.8) is 0 Å². The van der Waals surface area contributed by atoms with Gasteiger partial charge in [0.25, 0.3) is 0 Å². The highest BCUT2D eigenvalue weighted by atomic mass is 32.2. The molecule has 114 valence electrons. The first-order valence-electron chi connectivity index (χ1n) is 6.35. The van der Waals surface area contributed by atoms with E-state index in [0.29, 0.717) is 6.54 Å². The first-order chi connectivity index (χ1) is 9.85. The zero-order valence-electron chi connectivity index (χ0n) is 11.9. The summed E-state index contributed by atoms with van der Waals surface area (Å²) >= 11 is 1.60. The van der Waals surface area contributed by atoms with Crippen molar-refractivity contribution >= 4 is 27.1 Å². The van der Waals surface area contributed by atoms with Crippen LogP contribution in [0.3, 0.4) is 0 Å². The Morgan fingerprint density at radius 2 is 2.24 bits per heavy atom. The number of nitrogens with one attached hydrogen (secondary N) is 1. The smallest absolute Gasteiger partial charge is 0.223 e. The van der Waals surface area contributed by atoms with Crippen LogP contribution >= 0.6 is 11.3 Å². The van der Waals surface area contributed by atoms with E-state index >= 15 is 0 Å². The van der Waals surface area contributed by atoms with Crippen molar-refractivity contribution in [3.8, 4) is 10.6 Å². The van der Waals surface area contributed by atoms with Crippen molar-refractivity contribution in [3.05, 3.63) is 29.3 Å². The Labute approximate surface area is 127 Å². The van der Waals surface area contributed by atoms with Crippen molar-refractivity contribution in [1.29, 1.82) is 0 Å². The third-order valence-corrected chi connectivity index (χ3v) is 4.76. The maximum absolute atomic E-state index is 11.9. The Bertz CT molecular complexity index is 705. The molecule has 0 saturated carbocycles. The van der Waals surface area contributed by atoms with E-state index in [1.54, 1.807) is 18.4 Å². The van der Waals surface area contributed by atoms with E-state index in [1.807, 2.05) is 23.6 Å². The molecule has 0 aliphatic rings. The van der Waals surface area contributed by atoms with Crippen molar-refractivity contribution < 1.29 is 13.2 Å². The number of rotatable bonds is 6. The Kier molecular flexibility index (Phi) is 4.79. The van der Waals surface area contributed by atoms with Crippen molar-refractivity contribution in [2.24, 2.45) is 0 Å². The quantitative estimate of drug-likeness (QED) is 0.872. The lowest BCUT2D eigenvalue weighted by molar-refractivity contribution is -0.130. The maximum Gasteiger partial charge on any atom is 0.223 e. The van der Waals surface area contributed by atoms with E-state index < -0.39 is 9.84 Å². The normalized spacial score (nSPS) is 11.5. The lowest BCUT2D eigenvalue weighted by Gasteiger charge is -2.15. The third-order valence-electron chi connectivity index (χ3n) is 2.92. The minimum Gasteiger partial charge on any atom is -0.340 e. The van der Waals surface area contributed by atoms with E-state index in [9.17, 15) is 13.2 Å². The molecule has 2 aromatic rings. The Hall–Kier alpha value is -1.67. The van der Waals surface area contributed by atoms with Crippen LogP contribution in [0.5, 0.6) is 0 Å². The van der Waals surface area contributed by atoms with E-state index in [2.05, 4.69) is 10.2 Å². The zero-order valence-corrected chi connectivity index (χ0v) is 13.5. The fourth-order valence-corrected chi connectivity index (χ4v) is 3.03. The second kappa shape index (κ2) is 6.40. The molecule has 0 spiro atoms. The number of carbonyl (C=O) groups is 1. The van der Waals surface area contributed by atoms with Gasteiger partial charge in [-0.15, -0.1) is 11.3 Å². The largest absolute Gasteiger partial charge is 0.340 e. The van der Waals surface area contributed by atoms with Gasteiger partial charge in [-0.2, -0.15) is 5.10 Å². The molecule has 2 aromatic heterocycles. The van der Waals surface area contributed by atoms with Crippen molar-refractivity contribution in [2.45, 2.75) is 13.0 Å². The van der Waals surface area contributed by atoms with Crippen LogP contribution in [0.15, 0.2) is 23.6 Å². The lowest BCUT2D eigenvalue weighted by Crippen LogP contribution is -2.28. The van der Waals surface area contributed by atoms with Gasteiger partial charge in [0.2, 0.25) is 5.91 Å². The Balaban J connectivity index is 1.94. The van der Waals surface area contributed by atoms with Crippen LogP contribution < -0.4 is 0 Å². The predicted molar refractivity (Wildman–Crippen MR) is 82.7 cm³/mol. The highest BCUT2D eigenvalue weighted by Crippen LogP contribution is 2.23. The molecule has 0 saturated heterocycles. The molecule has 0 unspecified atom stereocenters. The van der Waals surface area contributed by atoms with Gasteiger partial charge in [0.05, 0.1) is 22.9 Å². The summed E-state index contributed by atoms with van der Waals surface area (Å²) in [4.78, 5) is 14.4. The molecule has 0 fully saturated rings. The molecule has 0 radical (unpaired) electrons. The average Bonchev–Trinajstić information content (AvgIpc) is 3.04. The van der Waals surface area contributed by atoms with Crippen molar-refractivity contribution in [1.82, 2.24) is 15.1 Å². The molecule has 0 aliphatic carbocycles. The molecule has 0 atom stereocenters. The molecule has 6 nitrogen and oxygen atoms in total. The summed E-state index contributed by atoms with van der Waals surface area (Å²) in [5, 5.41) is 9.08. The summed E-state index contributed by atoms with van der Waals surface area (Å²) < 4.78 is 22.1. The Morgan fingerprint density at radius 3 is 2.86 bits per heavy atom. The molecule has 0 aromatic carbocycles. The monoisotopic (exact) mass is 327 g/mol. The number of carbonyl (C=O) groups excluding carboxylic acids is 1. The fraction of sp³-hybridized carbons (Fsp3) is 0.385. The Morgan fingerprint density at radius 1 is 1.48 bits per heavy atom. The minimum absolute atomic E-state index is 0.00124. The van der Waals surface area contributed by atoms with Crippen LogP contribution in [0.4, 0.5) is 0 Å². The van der Waals surface area contributed by atoms with Crippen LogP contribution in [0.2, 0.25) is 0 Å². The zero-order chi connectivity index (χ0) is 15.5. The van der Waals surface area contributed by atoms with Crippen LogP contribution in [0.25, 0.3) is 10.6 Å². The second-order valence-corrected chi connectivity index (χ2v) is 8.09. The SMILES string of the molecule is CN(Cc1cc(-c2cccs2)n[nH]1)C(=O)CCS(C)(=O)=O. The number of sulfone groups is 1. The summed E-state index contributed by atoms with van der Waals surface area (Å²) in [7, 11) is -1.47. The first kappa shape index (κ1) is 15.7. The fourth-order valence-electron chi connectivity index (χ4n) is 1.80. The molecule has 8 heteroatoms. The van der Waals surface area contributed by atoms with Crippen LogP contribution in [0, 0.1) is 0 Å². The maximum atomic E-state index is 11.9. The molecule has 0 bridgehead atoms. The number of aromatic nitrogens is 2. The molecule has 1 N–H and O–H groups in total. The lowest BCUT2D eigenvalue weighted by atomic mass is 10.3. The molecule has 21 heavy (non-hydrogen) atoms. The molecular formula is C13H17N3O3S2. The number of nitrogens with zero attached hydrogens (tertiary/aromatic N) is 2. The highest BCUT2D eigenvalue weighted by molar-refractivity contribution is 7.90. The van der Waals surface area contributed by atoms with Gasteiger partial charge < -0.3 is 4.90 Å². The number of thiophene rings is 1. The molecular weight excluding hydrogens is 310 g/mol. The number of aromatic amines is 1. The van der Waals surface area contributed by atoms with Gasteiger partial charge in [0, 0.05) is 19.7 Å². The predicted octanol–water partition coefficient (Wildman–Crippen LogP) is 1.53. The third kappa shape index (κ3) is 4.68. The van der Waals surface area contributed by atoms with Crippen molar-refractivity contribution in [2.75, 3.05) is 19.1 Å². The van der Waals surface area contributed by atoms with E-state index in [4.69, 9.17) is 0 Å². The summed E-state index contributed by atoms with van der Waals surface area (Å²) in [5.41, 5.74) is 1.66. The minimum atomic E-state index is -3.12. The van der Waals surface area contributed by atoms with Gasteiger partial charge >= 0.3 is 0 Å². The van der Waals surface area contributed by atoms with Crippen LogP contribution in [-0.2, 0) is 21.2 Å². The first-order valence-corrected chi connectivity index (χ1v) is 9.29. The summed E-state index contributed by atoms with van der Waals surface area (Å²) in [6, 6.07) is 5.83. The average molecular weight is 327 g/mol. The molecule has 2 rings (SSSR count).